The molecule has 0 heterocycles. The molecule has 1 N–H and O–H groups in total. The lowest BCUT2D eigenvalue weighted by atomic mass is 10.0. The first kappa shape index (κ1) is 17.5. The first-order chi connectivity index (χ1) is 9.94. The van der Waals surface area contributed by atoms with Crippen LogP contribution >= 0.6 is 0 Å². The van der Waals surface area contributed by atoms with Gasteiger partial charge in [-0.05, 0) is 53.3 Å². The molecular weight excluding hydrogens is 264 g/mol. The summed E-state index contributed by atoms with van der Waals surface area (Å²) in [6.07, 6.45) is -0.477. The molecule has 21 heavy (non-hydrogen) atoms. The number of carbonyl (C=O) groups is 1. The average molecular weight is 292 g/mol. The van der Waals surface area contributed by atoms with E-state index >= 15 is 0 Å². The van der Waals surface area contributed by atoms with Crippen LogP contribution in [0.15, 0.2) is 18.2 Å². The molecule has 0 spiro atoms. The summed E-state index contributed by atoms with van der Waals surface area (Å²) in [5.41, 5.74) is 2.20. The zero-order chi connectivity index (χ0) is 16.0. The number of hydrogen-bond acceptors (Lipinski definition) is 3. The summed E-state index contributed by atoms with van der Waals surface area (Å²) in [6.45, 7) is 11.3. The third kappa shape index (κ3) is 4.46. The maximum Gasteiger partial charge on any atom is 0.263 e. The second kappa shape index (κ2) is 8.03. The fourth-order valence-electron chi connectivity index (χ4n) is 2.29. The molecule has 4 nitrogen and oxygen atoms in total. The van der Waals surface area contributed by atoms with E-state index in [-0.39, 0.29) is 11.9 Å². The Balaban J connectivity index is 2.95. The van der Waals surface area contributed by atoms with Crippen molar-refractivity contribution in [3.8, 4) is 5.75 Å². The number of likely N-dealkylation sites (N-methyl/N-ethyl adjacent to an activating group) is 1. The molecule has 1 amide bonds. The first-order valence-corrected chi connectivity index (χ1v) is 7.67. The number of rotatable bonds is 7. The summed E-state index contributed by atoms with van der Waals surface area (Å²) in [5, 5.41) is 3.21. The summed E-state index contributed by atoms with van der Waals surface area (Å²) in [7, 11) is 1.92. The molecule has 0 saturated carbocycles. The van der Waals surface area contributed by atoms with Crippen molar-refractivity contribution in [2.45, 2.75) is 46.8 Å². The second-order valence-electron chi connectivity index (χ2n) is 5.32. The number of benzene rings is 1. The van der Waals surface area contributed by atoms with Crippen LogP contribution in [0.2, 0.25) is 0 Å². The molecular formula is C17H28N2O2. The molecule has 0 aliphatic heterocycles. The van der Waals surface area contributed by atoms with Gasteiger partial charge in [0.25, 0.3) is 5.91 Å². The van der Waals surface area contributed by atoms with Crippen molar-refractivity contribution in [2.75, 3.05) is 20.1 Å². The molecule has 0 fully saturated rings. The van der Waals surface area contributed by atoms with Gasteiger partial charge in [-0.2, -0.15) is 0 Å². The Bertz CT molecular complexity index is 470. The second-order valence-corrected chi connectivity index (χ2v) is 5.32. The van der Waals surface area contributed by atoms with Gasteiger partial charge in [-0.1, -0.05) is 12.1 Å². The summed E-state index contributed by atoms with van der Waals surface area (Å²) < 4.78 is 5.96. The quantitative estimate of drug-likeness (QED) is 0.840. The van der Waals surface area contributed by atoms with Crippen LogP contribution in [-0.4, -0.2) is 37.0 Å². The molecule has 118 valence electrons. The molecule has 1 aromatic rings. The molecule has 0 radical (unpaired) electrons. The third-order valence-electron chi connectivity index (χ3n) is 3.80. The van der Waals surface area contributed by atoms with Crippen molar-refractivity contribution in [3.63, 3.8) is 0 Å². The number of ether oxygens (including phenoxy) is 1. The lowest BCUT2D eigenvalue weighted by molar-refractivity contribution is -0.137. The van der Waals surface area contributed by atoms with Crippen LogP contribution in [0.5, 0.6) is 5.75 Å². The van der Waals surface area contributed by atoms with Gasteiger partial charge in [0, 0.05) is 24.7 Å². The van der Waals surface area contributed by atoms with Crippen molar-refractivity contribution in [1.29, 1.82) is 0 Å². The third-order valence-corrected chi connectivity index (χ3v) is 3.80. The van der Waals surface area contributed by atoms with E-state index in [9.17, 15) is 4.79 Å². The van der Waals surface area contributed by atoms with Gasteiger partial charge in [-0.3, -0.25) is 4.79 Å². The molecule has 0 aromatic heterocycles. The van der Waals surface area contributed by atoms with E-state index in [2.05, 4.69) is 24.4 Å². The lowest BCUT2D eigenvalue weighted by Crippen LogP contribution is -2.40. The van der Waals surface area contributed by atoms with Gasteiger partial charge in [0.1, 0.15) is 5.75 Å². The van der Waals surface area contributed by atoms with E-state index in [1.807, 2.05) is 40.8 Å². The Morgan fingerprint density at radius 2 is 1.90 bits per heavy atom. The lowest BCUT2D eigenvalue weighted by Gasteiger charge is -2.25. The number of amides is 1. The Hall–Kier alpha value is -1.55. The molecule has 2 unspecified atom stereocenters. The van der Waals surface area contributed by atoms with Gasteiger partial charge in [0.2, 0.25) is 0 Å². The largest absolute Gasteiger partial charge is 0.481 e. The highest BCUT2D eigenvalue weighted by Gasteiger charge is 2.21. The molecule has 1 aromatic carbocycles. The first-order valence-electron chi connectivity index (χ1n) is 7.67. The van der Waals surface area contributed by atoms with E-state index in [0.29, 0.717) is 13.1 Å². The topological polar surface area (TPSA) is 41.6 Å². The Morgan fingerprint density at radius 1 is 1.29 bits per heavy atom. The van der Waals surface area contributed by atoms with Crippen LogP contribution in [-0.2, 0) is 4.79 Å². The van der Waals surface area contributed by atoms with Crippen molar-refractivity contribution < 1.29 is 9.53 Å². The van der Waals surface area contributed by atoms with E-state index in [4.69, 9.17) is 4.74 Å². The maximum atomic E-state index is 12.3. The number of hydrogen-bond donors (Lipinski definition) is 1. The molecule has 1 rings (SSSR count). The molecule has 0 bridgehead atoms. The number of aryl methyl sites for hydroxylation is 1. The molecule has 4 heteroatoms. The van der Waals surface area contributed by atoms with Crippen LogP contribution in [0.4, 0.5) is 0 Å². The molecule has 0 saturated heterocycles. The van der Waals surface area contributed by atoms with E-state index in [1.54, 1.807) is 4.90 Å². The fourth-order valence-corrected chi connectivity index (χ4v) is 2.29. The minimum Gasteiger partial charge on any atom is -0.481 e. The van der Waals surface area contributed by atoms with Crippen molar-refractivity contribution in [1.82, 2.24) is 10.2 Å². The van der Waals surface area contributed by atoms with Gasteiger partial charge in [-0.25, -0.2) is 0 Å². The maximum absolute atomic E-state index is 12.3. The van der Waals surface area contributed by atoms with Gasteiger partial charge in [0.05, 0.1) is 0 Å². The van der Waals surface area contributed by atoms with E-state index < -0.39 is 6.10 Å². The normalized spacial score (nSPS) is 13.6. The van der Waals surface area contributed by atoms with Crippen LogP contribution in [0.1, 0.15) is 44.9 Å². The summed E-state index contributed by atoms with van der Waals surface area (Å²) in [6, 6.07) is 6.29. The fraction of sp³-hybridized carbons (Fsp3) is 0.588. The van der Waals surface area contributed by atoms with Crippen LogP contribution in [0.25, 0.3) is 0 Å². The minimum atomic E-state index is -0.477. The van der Waals surface area contributed by atoms with Gasteiger partial charge < -0.3 is 15.0 Å². The summed E-state index contributed by atoms with van der Waals surface area (Å²) in [5.74, 6) is 0.814. The van der Waals surface area contributed by atoms with Crippen molar-refractivity contribution in [2.24, 2.45) is 0 Å². The van der Waals surface area contributed by atoms with Crippen molar-refractivity contribution in [3.05, 3.63) is 29.3 Å². The molecule has 0 aliphatic rings. The Labute approximate surface area is 128 Å². The average Bonchev–Trinajstić information content (AvgIpc) is 2.47. The highest BCUT2D eigenvalue weighted by atomic mass is 16.5. The number of nitrogens with zero attached hydrogens (tertiary/aromatic N) is 1. The van der Waals surface area contributed by atoms with Crippen LogP contribution < -0.4 is 10.1 Å². The van der Waals surface area contributed by atoms with Gasteiger partial charge in [0.15, 0.2) is 6.10 Å². The molecule has 0 aliphatic carbocycles. The minimum absolute atomic E-state index is 0.0320. The summed E-state index contributed by atoms with van der Waals surface area (Å²) >= 11 is 0. The highest BCUT2D eigenvalue weighted by molar-refractivity contribution is 5.80. The van der Waals surface area contributed by atoms with E-state index in [1.165, 1.54) is 0 Å². The van der Waals surface area contributed by atoms with Gasteiger partial charge in [-0.15, -0.1) is 0 Å². The molecule has 2 atom stereocenters. The van der Waals surface area contributed by atoms with Crippen molar-refractivity contribution >= 4 is 5.91 Å². The predicted molar refractivity (Wildman–Crippen MR) is 86.7 cm³/mol. The van der Waals surface area contributed by atoms with Gasteiger partial charge >= 0.3 is 0 Å². The number of carbonyl (C=O) groups excluding carboxylic acids is 1. The zero-order valence-corrected chi connectivity index (χ0v) is 14.1. The van der Waals surface area contributed by atoms with E-state index in [0.717, 1.165) is 16.9 Å². The summed E-state index contributed by atoms with van der Waals surface area (Å²) in [4.78, 5) is 14.1. The SMILES string of the molecule is CCN(CC)C(=O)C(C)Oc1cc(C)ccc1C(C)NC. The zero-order valence-electron chi connectivity index (χ0n) is 14.1. The highest BCUT2D eigenvalue weighted by Crippen LogP contribution is 2.27. The van der Waals surface area contributed by atoms with Crippen LogP contribution in [0, 0.1) is 6.92 Å². The van der Waals surface area contributed by atoms with Crippen LogP contribution in [0.3, 0.4) is 0 Å². The Morgan fingerprint density at radius 3 is 2.43 bits per heavy atom. The standard InChI is InChI=1S/C17H28N2O2/c1-7-19(8-2)17(20)14(5)21-16-11-12(3)9-10-15(16)13(4)18-6/h9-11,13-14,18H,7-8H2,1-6H3. The monoisotopic (exact) mass is 292 g/mol. The Kier molecular flexibility index (Phi) is 6.69. The number of nitrogens with one attached hydrogen (secondary N) is 1. The smallest absolute Gasteiger partial charge is 0.263 e. The predicted octanol–water partition coefficient (Wildman–Crippen LogP) is 2.91.